The van der Waals surface area contributed by atoms with E-state index in [1.807, 2.05) is 24.3 Å². The third-order valence-electron chi connectivity index (χ3n) is 4.04. The second kappa shape index (κ2) is 12.0. The molecule has 0 saturated carbocycles. The van der Waals surface area contributed by atoms with Crippen molar-refractivity contribution in [1.82, 2.24) is 15.2 Å². The fraction of sp³-hybridized carbons (Fsp3) is 0.526. The Morgan fingerprint density at radius 3 is 2.85 bits per heavy atom. The Hall–Kier alpha value is -1.47. The number of carbonyl (C=O) groups is 1. The number of hydrogen-bond acceptors (Lipinski definition) is 6. The lowest BCUT2D eigenvalue weighted by atomic mass is 10.1. The number of unbranched alkanes of at least 4 members (excludes halogenated alkanes) is 1. The van der Waals surface area contributed by atoms with Crippen LogP contribution in [0.1, 0.15) is 44.2 Å². The van der Waals surface area contributed by atoms with Crippen molar-refractivity contribution in [1.29, 1.82) is 0 Å². The average Bonchev–Trinajstić information content (AvgIpc) is 3.12. The number of rotatable bonds is 12. The Morgan fingerprint density at radius 2 is 2.08 bits per heavy atom. The number of aromatic amines is 1. The van der Waals surface area contributed by atoms with E-state index in [2.05, 4.69) is 40.4 Å². The summed E-state index contributed by atoms with van der Waals surface area (Å²) < 4.78 is 5.29. The van der Waals surface area contributed by atoms with E-state index >= 15 is 0 Å². The molecular formula is C19H27N3O2S2. The maximum absolute atomic E-state index is 11.7. The summed E-state index contributed by atoms with van der Waals surface area (Å²) in [6, 6.07) is 7.73. The van der Waals surface area contributed by atoms with E-state index in [4.69, 9.17) is 4.74 Å². The standard InChI is InChI=1S/C19H27N3O2S2/c23-19(9-2-1-7-16(26)10-13-25)24-12-5-6-15-14-18(22-21-15)17-8-3-4-11-20-17/h3-4,8,11,14,16,25-26H,1-2,5-7,9-10,12-13H2,(H,21,22). The zero-order chi connectivity index (χ0) is 18.6. The Bertz CT molecular complexity index is 649. The first-order valence-corrected chi connectivity index (χ1v) is 10.2. The van der Waals surface area contributed by atoms with Gasteiger partial charge in [-0.15, -0.1) is 0 Å². The molecule has 5 nitrogen and oxygen atoms in total. The average molecular weight is 394 g/mol. The molecule has 0 aromatic carbocycles. The van der Waals surface area contributed by atoms with Gasteiger partial charge in [0.05, 0.1) is 12.3 Å². The lowest BCUT2D eigenvalue weighted by molar-refractivity contribution is -0.143. The van der Waals surface area contributed by atoms with Crippen LogP contribution in [0.25, 0.3) is 11.4 Å². The van der Waals surface area contributed by atoms with Crippen molar-refractivity contribution in [2.24, 2.45) is 0 Å². The summed E-state index contributed by atoms with van der Waals surface area (Å²) in [4.78, 5) is 16.0. The van der Waals surface area contributed by atoms with E-state index in [0.717, 1.165) is 61.4 Å². The maximum atomic E-state index is 11.7. The number of aromatic nitrogens is 3. The number of aryl methyl sites for hydroxylation is 1. The van der Waals surface area contributed by atoms with E-state index < -0.39 is 0 Å². The van der Waals surface area contributed by atoms with Crippen LogP contribution >= 0.6 is 25.3 Å². The fourth-order valence-corrected chi connectivity index (χ4v) is 3.43. The molecule has 0 saturated heterocycles. The number of nitrogens with zero attached hydrogens (tertiary/aromatic N) is 2. The van der Waals surface area contributed by atoms with E-state index in [9.17, 15) is 4.79 Å². The third-order valence-corrected chi connectivity index (χ3v) is 4.82. The van der Waals surface area contributed by atoms with E-state index in [-0.39, 0.29) is 5.97 Å². The molecule has 0 radical (unpaired) electrons. The SMILES string of the molecule is O=C(CCCCC(S)CCS)OCCCc1cc(-c2ccccn2)n[nH]1. The van der Waals surface area contributed by atoms with Crippen LogP contribution in [0.4, 0.5) is 0 Å². The van der Waals surface area contributed by atoms with Gasteiger partial charge in [0.1, 0.15) is 5.69 Å². The van der Waals surface area contributed by atoms with Crippen molar-refractivity contribution < 1.29 is 9.53 Å². The highest BCUT2D eigenvalue weighted by Crippen LogP contribution is 2.15. The maximum Gasteiger partial charge on any atom is 0.305 e. The highest BCUT2D eigenvalue weighted by Gasteiger charge is 2.07. The molecule has 0 aliphatic carbocycles. The molecule has 0 aliphatic heterocycles. The summed E-state index contributed by atoms with van der Waals surface area (Å²) >= 11 is 8.69. The highest BCUT2D eigenvalue weighted by molar-refractivity contribution is 7.81. The summed E-state index contributed by atoms with van der Waals surface area (Å²) in [5.41, 5.74) is 2.70. The fourth-order valence-electron chi connectivity index (χ4n) is 2.60. The Kier molecular flexibility index (Phi) is 9.63. The molecule has 0 spiro atoms. The molecule has 26 heavy (non-hydrogen) atoms. The van der Waals surface area contributed by atoms with E-state index in [1.54, 1.807) is 6.20 Å². The first-order valence-electron chi connectivity index (χ1n) is 9.09. The normalized spacial score (nSPS) is 12.1. The van der Waals surface area contributed by atoms with Gasteiger partial charge in [-0.1, -0.05) is 12.5 Å². The largest absolute Gasteiger partial charge is 0.466 e. The second-order valence-corrected chi connectivity index (χ2v) is 7.41. The first kappa shape index (κ1) is 20.8. The zero-order valence-corrected chi connectivity index (χ0v) is 16.7. The van der Waals surface area contributed by atoms with Gasteiger partial charge in [0.15, 0.2) is 0 Å². The number of pyridine rings is 1. The minimum Gasteiger partial charge on any atom is -0.466 e. The zero-order valence-electron chi connectivity index (χ0n) is 14.9. The van der Waals surface area contributed by atoms with Crippen molar-refractivity contribution in [3.63, 3.8) is 0 Å². The van der Waals surface area contributed by atoms with Gasteiger partial charge >= 0.3 is 5.97 Å². The molecule has 1 atom stereocenters. The Morgan fingerprint density at radius 1 is 1.19 bits per heavy atom. The molecular weight excluding hydrogens is 366 g/mol. The lowest BCUT2D eigenvalue weighted by Crippen LogP contribution is -2.07. The van der Waals surface area contributed by atoms with Crippen molar-refractivity contribution in [2.75, 3.05) is 12.4 Å². The van der Waals surface area contributed by atoms with Crippen LogP contribution in [0, 0.1) is 0 Å². The molecule has 0 aliphatic rings. The van der Waals surface area contributed by atoms with Gasteiger partial charge in [-0.25, -0.2) is 0 Å². The Balaban J connectivity index is 1.56. The van der Waals surface area contributed by atoms with Crippen LogP contribution in [0.3, 0.4) is 0 Å². The van der Waals surface area contributed by atoms with Gasteiger partial charge in [0, 0.05) is 23.6 Å². The van der Waals surface area contributed by atoms with Crippen LogP contribution < -0.4 is 0 Å². The Labute approximate surface area is 166 Å². The number of esters is 1. The minimum absolute atomic E-state index is 0.117. The molecule has 1 N–H and O–H groups in total. The van der Waals surface area contributed by atoms with Gasteiger partial charge in [-0.05, 0) is 56.1 Å². The summed E-state index contributed by atoms with van der Waals surface area (Å²) in [6.07, 6.45) is 7.68. The molecule has 7 heteroatoms. The van der Waals surface area contributed by atoms with Crippen LogP contribution in [0.5, 0.6) is 0 Å². The van der Waals surface area contributed by atoms with Crippen molar-refractivity contribution in [3.05, 3.63) is 36.2 Å². The summed E-state index contributed by atoms with van der Waals surface area (Å²) in [5.74, 6) is 0.740. The number of hydrogen-bond donors (Lipinski definition) is 3. The van der Waals surface area contributed by atoms with Crippen LogP contribution in [0.2, 0.25) is 0 Å². The predicted octanol–water partition coefficient (Wildman–Crippen LogP) is 4.13. The van der Waals surface area contributed by atoms with Crippen LogP contribution in [-0.2, 0) is 16.0 Å². The monoisotopic (exact) mass is 393 g/mol. The first-order chi connectivity index (χ1) is 12.7. The number of H-pyrrole nitrogens is 1. The highest BCUT2D eigenvalue weighted by atomic mass is 32.1. The van der Waals surface area contributed by atoms with Gasteiger partial charge in [0.25, 0.3) is 0 Å². The minimum atomic E-state index is -0.117. The summed E-state index contributed by atoms with van der Waals surface area (Å²) in [6.45, 7) is 0.436. The summed E-state index contributed by atoms with van der Waals surface area (Å²) in [7, 11) is 0. The smallest absolute Gasteiger partial charge is 0.305 e. The van der Waals surface area contributed by atoms with Crippen LogP contribution in [-0.4, -0.2) is 38.8 Å². The number of nitrogens with one attached hydrogen (secondary N) is 1. The molecule has 2 aromatic rings. The topological polar surface area (TPSA) is 67.9 Å². The van der Waals surface area contributed by atoms with Crippen molar-refractivity contribution in [3.8, 4) is 11.4 Å². The second-order valence-electron chi connectivity index (χ2n) is 6.23. The van der Waals surface area contributed by atoms with Crippen molar-refractivity contribution in [2.45, 2.75) is 50.2 Å². The van der Waals surface area contributed by atoms with Gasteiger partial charge in [-0.3, -0.25) is 14.9 Å². The van der Waals surface area contributed by atoms with Gasteiger partial charge in [0.2, 0.25) is 0 Å². The molecule has 0 bridgehead atoms. The summed E-state index contributed by atoms with van der Waals surface area (Å²) in [5, 5.41) is 7.67. The van der Waals surface area contributed by atoms with Gasteiger partial charge < -0.3 is 4.74 Å². The lowest BCUT2D eigenvalue weighted by Gasteiger charge is -2.08. The van der Waals surface area contributed by atoms with Gasteiger partial charge in [-0.2, -0.15) is 30.4 Å². The molecule has 2 heterocycles. The molecule has 0 fully saturated rings. The number of ether oxygens (including phenoxy) is 1. The predicted molar refractivity (Wildman–Crippen MR) is 111 cm³/mol. The molecule has 0 amide bonds. The van der Waals surface area contributed by atoms with Crippen LogP contribution in [0.15, 0.2) is 30.5 Å². The van der Waals surface area contributed by atoms with E-state index in [0.29, 0.717) is 18.3 Å². The van der Waals surface area contributed by atoms with E-state index in [1.165, 1.54) is 0 Å². The molecule has 1 unspecified atom stereocenters. The number of carbonyl (C=O) groups excluding carboxylic acids is 1. The number of thiol groups is 2. The quantitative estimate of drug-likeness (QED) is 0.288. The molecule has 142 valence electrons. The molecule has 2 aromatic heterocycles. The third kappa shape index (κ3) is 7.83. The van der Waals surface area contributed by atoms with Crippen molar-refractivity contribution >= 4 is 31.2 Å². The molecule has 2 rings (SSSR count).